The first-order chi connectivity index (χ1) is 7.01. The van der Waals surface area contributed by atoms with E-state index in [0.717, 1.165) is 0 Å². The Labute approximate surface area is 92.2 Å². The van der Waals surface area contributed by atoms with Gasteiger partial charge >= 0.3 is 0 Å². The van der Waals surface area contributed by atoms with Crippen LogP contribution in [0.3, 0.4) is 0 Å². The van der Waals surface area contributed by atoms with Crippen molar-refractivity contribution in [3.8, 4) is 5.75 Å². The maximum absolute atomic E-state index is 13.6. The first-order valence-corrected chi connectivity index (χ1v) is 4.75. The smallest absolute Gasteiger partial charge is 0.289 e. The monoisotopic (exact) mass is 235 g/mol. The van der Waals surface area contributed by atoms with Crippen LogP contribution >= 0.6 is 11.6 Å². The minimum Gasteiger partial charge on any atom is -0.496 e. The third-order valence-electron chi connectivity index (χ3n) is 1.95. The summed E-state index contributed by atoms with van der Waals surface area (Å²) in [6, 6.07) is 4.16. The molecule has 0 unspecified atom stereocenters. The van der Waals surface area contributed by atoms with Gasteiger partial charge in [0.15, 0.2) is 0 Å². The minimum atomic E-state index is -3.00. The number of halogens is 3. The Kier molecular flexibility index (Phi) is 3.88. The van der Waals surface area contributed by atoms with Crippen LogP contribution in [0, 0.1) is 0 Å². The summed E-state index contributed by atoms with van der Waals surface area (Å²) in [5, 5.41) is 2.69. The molecule has 2 nitrogen and oxygen atoms in total. The van der Waals surface area contributed by atoms with Crippen molar-refractivity contribution in [2.24, 2.45) is 0 Å². The molecular weight excluding hydrogens is 224 g/mol. The lowest BCUT2D eigenvalue weighted by molar-refractivity contribution is -0.00340. The highest BCUT2D eigenvalue weighted by molar-refractivity contribution is 6.30. The van der Waals surface area contributed by atoms with Crippen molar-refractivity contribution < 1.29 is 13.5 Å². The highest BCUT2D eigenvalue weighted by Gasteiger charge is 2.34. The van der Waals surface area contributed by atoms with Crippen LogP contribution in [-0.4, -0.2) is 20.7 Å². The molecular formula is C10H12ClF2NO. The van der Waals surface area contributed by atoms with Crippen molar-refractivity contribution in [3.63, 3.8) is 0 Å². The summed E-state index contributed by atoms with van der Waals surface area (Å²) in [4.78, 5) is 0. The van der Waals surface area contributed by atoms with E-state index in [2.05, 4.69) is 5.32 Å². The van der Waals surface area contributed by atoms with Gasteiger partial charge in [-0.15, -0.1) is 0 Å². The molecule has 0 aliphatic carbocycles. The molecule has 1 N–H and O–H groups in total. The van der Waals surface area contributed by atoms with E-state index in [1.807, 2.05) is 0 Å². The van der Waals surface area contributed by atoms with Crippen LogP contribution in [0.5, 0.6) is 5.75 Å². The zero-order valence-corrected chi connectivity index (χ0v) is 9.24. The Balaban J connectivity index is 3.15. The molecule has 0 heterocycles. The highest BCUT2D eigenvalue weighted by atomic mass is 35.5. The number of likely N-dealkylation sites (N-methyl/N-ethyl adjacent to an activating group) is 1. The molecule has 0 fully saturated rings. The standard InChI is InChI=1S/C10H12ClF2NO/c1-14-6-10(12,13)8-5-7(11)3-4-9(8)15-2/h3-5,14H,6H2,1-2H3. The fraction of sp³-hybridized carbons (Fsp3) is 0.400. The van der Waals surface area contributed by atoms with Crippen LogP contribution in [0.15, 0.2) is 18.2 Å². The van der Waals surface area contributed by atoms with Gasteiger partial charge in [0.25, 0.3) is 5.92 Å². The predicted octanol–water partition coefficient (Wildman–Crippen LogP) is 2.66. The van der Waals surface area contributed by atoms with E-state index in [1.165, 1.54) is 32.4 Å². The average Bonchev–Trinajstić information content (AvgIpc) is 2.17. The van der Waals surface area contributed by atoms with E-state index in [9.17, 15) is 8.78 Å². The second-order valence-electron chi connectivity index (χ2n) is 3.08. The number of hydrogen-bond acceptors (Lipinski definition) is 2. The lowest BCUT2D eigenvalue weighted by Gasteiger charge is -2.19. The maximum Gasteiger partial charge on any atom is 0.289 e. The fourth-order valence-electron chi connectivity index (χ4n) is 1.28. The third-order valence-corrected chi connectivity index (χ3v) is 2.19. The zero-order valence-electron chi connectivity index (χ0n) is 8.48. The number of nitrogens with one attached hydrogen (secondary N) is 1. The highest BCUT2D eigenvalue weighted by Crippen LogP contribution is 2.36. The zero-order chi connectivity index (χ0) is 11.5. The number of benzene rings is 1. The summed E-state index contributed by atoms with van der Waals surface area (Å²) in [5.74, 6) is -2.86. The maximum atomic E-state index is 13.6. The van der Waals surface area contributed by atoms with Gasteiger partial charge < -0.3 is 10.1 Å². The molecule has 84 valence electrons. The van der Waals surface area contributed by atoms with Gasteiger partial charge in [-0.05, 0) is 25.2 Å². The summed E-state index contributed by atoms with van der Waals surface area (Å²) >= 11 is 5.67. The number of alkyl halides is 2. The number of ether oxygens (including phenoxy) is 1. The van der Waals surface area contributed by atoms with Crippen LogP contribution in [-0.2, 0) is 5.92 Å². The molecule has 0 aliphatic rings. The Morgan fingerprint density at radius 1 is 1.47 bits per heavy atom. The van der Waals surface area contributed by atoms with Crippen LogP contribution in [0.25, 0.3) is 0 Å². The second-order valence-corrected chi connectivity index (χ2v) is 3.52. The van der Waals surface area contributed by atoms with Gasteiger partial charge in [-0.25, -0.2) is 0 Å². The predicted molar refractivity (Wildman–Crippen MR) is 55.8 cm³/mol. The molecule has 0 aliphatic heterocycles. The number of rotatable bonds is 4. The first kappa shape index (κ1) is 12.2. The molecule has 0 amide bonds. The van der Waals surface area contributed by atoms with Crippen LogP contribution in [0.4, 0.5) is 8.78 Å². The van der Waals surface area contributed by atoms with Gasteiger partial charge in [0.2, 0.25) is 0 Å². The molecule has 0 bridgehead atoms. The van der Waals surface area contributed by atoms with E-state index < -0.39 is 12.5 Å². The van der Waals surface area contributed by atoms with Gasteiger partial charge in [-0.3, -0.25) is 0 Å². The lowest BCUT2D eigenvalue weighted by atomic mass is 10.1. The quantitative estimate of drug-likeness (QED) is 0.866. The normalized spacial score (nSPS) is 11.5. The van der Waals surface area contributed by atoms with E-state index in [1.54, 1.807) is 0 Å². The Bertz CT molecular complexity index is 344. The van der Waals surface area contributed by atoms with Crippen molar-refractivity contribution in [1.82, 2.24) is 5.32 Å². The van der Waals surface area contributed by atoms with Gasteiger partial charge in [-0.1, -0.05) is 11.6 Å². The SMILES string of the molecule is CNCC(F)(F)c1cc(Cl)ccc1OC. The molecule has 0 radical (unpaired) electrons. The molecule has 0 saturated carbocycles. The molecule has 0 saturated heterocycles. The Morgan fingerprint density at radius 3 is 2.67 bits per heavy atom. The lowest BCUT2D eigenvalue weighted by Crippen LogP contribution is -2.28. The summed E-state index contributed by atoms with van der Waals surface area (Å²) in [6.07, 6.45) is 0. The van der Waals surface area contributed by atoms with E-state index >= 15 is 0 Å². The van der Waals surface area contributed by atoms with E-state index in [-0.39, 0.29) is 16.3 Å². The summed E-state index contributed by atoms with van der Waals surface area (Å²) in [6.45, 7) is -0.455. The third kappa shape index (κ3) is 2.79. The summed E-state index contributed by atoms with van der Waals surface area (Å²) in [5.41, 5.74) is -0.202. The largest absolute Gasteiger partial charge is 0.496 e. The number of methoxy groups -OCH3 is 1. The molecule has 1 aromatic rings. The minimum absolute atomic E-state index is 0.139. The van der Waals surface area contributed by atoms with Crippen molar-refractivity contribution in [2.45, 2.75) is 5.92 Å². The van der Waals surface area contributed by atoms with Gasteiger partial charge in [0.05, 0.1) is 19.2 Å². The molecule has 1 aromatic carbocycles. The van der Waals surface area contributed by atoms with Crippen LogP contribution < -0.4 is 10.1 Å². The van der Waals surface area contributed by atoms with Gasteiger partial charge in [0, 0.05) is 5.02 Å². The van der Waals surface area contributed by atoms with Crippen molar-refractivity contribution in [1.29, 1.82) is 0 Å². The second kappa shape index (κ2) is 4.77. The first-order valence-electron chi connectivity index (χ1n) is 4.37. The molecule has 1 rings (SSSR count). The average molecular weight is 236 g/mol. The van der Waals surface area contributed by atoms with Crippen molar-refractivity contribution >= 4 is 11.6 Å². The Morgan fingerprint density at radius 2 is 2.13 bits per heavy atom. The van der Waals surface area contributed by atoms with E-state index in [4.69, 9.17) is 16.3 Å². The van der Waals surface area contributed by atoms with E-state index in [0.29, 0.717) is 0 Å². The van der Waals surface area contributed by atoms with Crippen LogP contribution in [0.1, 0.15) is 5.56 Å². The number of hydrogen-bond donors (Lipinski definition) is 1. The summed E-state index contributed by atoms with van der Waals surface area (Å²) in [7, 11) is 2.81. The Hall–Kier alpha value is -0.870. The molecule has 0 aromatic heterocycles. The molecule has 0 atom stereocenters. The summed E-state index contributed by atoms with van der Waals surface area (Å²) < 4.78 is 32.0. The van der Waals surface area contributed by atoms with Gasteiger partial charge in [-0.2, -0.15) is 8.78 Å². The topological polar surface area (TPSA) is 21.3 Å². The van der Waals surface area contributed by atoms with Crippen molar-refractivity contribution in [2.75, 3.05) is 20.7 Å². The molecule has 0 spiro atoms. The van der Waals surface area contributed by atoms with Crippen molar-refractivity contribution in [3.05, 3.63) is 28.8 Å². The fourth-order valence-corrected chi connectivity index (χ4v) is 1.46. The van der Waals surface area contributed by atoms with Crippen LogP contribution in [0.2, 0.25) is 5.02 Å². The molecule has 15 heavy (non-hydrogen) atoms. The molecule has 5 heteroatoms. The van der Waals surface area contributed by atoms with Gasteiger partial charge in [0.1, 0.15) is 5.75 Å².